The van der Waals surface area contributed by atoms with E-state index in [4.69, 9.17) is 20.2 Å². The zero-order valence-corrected chi connectivity index (χ0v) is 36.0. The molecule has 324 valence electrons. The Morgan fingerprint density at radius 3 is 2.64 bits per heavy atom. The number of fused-ring (bicyclic) bond motifs is 5. The lowest BCUT2D eigenvalue weighted by molar-refractivity contribution is -0.152. The lowest BCUT2D eigenvalue weighted by atomic mass is 9.70. The minimum atomic E-state index is -1.92. The van der Waals surface area contributed by atoms with E-state index in [9.17, 15) is 30.3 Å². The molecule has 59 heavy (non-hydrogen) atoms. The number of carbonyl (C=O) groups excluding carboxylic acids is 1. The lowest BCUT2D eigenvalue weighted by Crippen LogP contribution is -2.59. The smallest absolute Gasteiger partial charge is 0.302 e. The van der Waals surface area contributed by atoms with Gasteiger partial charge in [0.15, 0.2) is 23.7 Å². The molecule has 13 nitrogen and oxygen atoms in total. The number of esters is 1. The third kappa shape index (κ3) is 10.8. The van der Waals surface area contributed by atoms with Crippen molar-refractivity contribution < 1.29 is 39.8 Å². The van der Waals surface area contributed by atoms with Gasteiger partial charge >= 0.3 is 5.97 Å². The molecule has 2 aliphatic carbocycles. The van der Waals surface area contributed by atoms with Crippen LogP contribution in [0.3, 0.4) is 0 Å². The minimum absolute atomic E-state index is 0.0161. The van der Waals surface area contributed by atoms with Gasteiger partial charge in [0.1, 0.15) is 12.2 Å². The quantitative estimate of drug-likeness (QED) is 0.0926. The summed E-state index contributed by atoms with van der Waals surface area (Å²) >= 11 is 0. The number of hydrogen-bond acceptors (Lipinski definition) is 15. The molecule has 2 fully saturated rings. The highest BCUT2D eigenvalue weighted by Gasteiger charge is 2.44. The molecule has 15 heteroatoms. The molecule has 0 radical (unpaired) electrons. The maximum atomic E-state index is 12.9. The summed E-state index contributed by atoms with van der Waals surface area (Å²) in [4.78, 5) is 17.8. The summed E-state index contributed by atoms with van der Waals surface area (Å²) in [6.45, 7) is 5.20. The van der Waals surface area contributed by atoms with Crippen LogP contribution >= 0.6 is 21.6 Å². The van der Waals surface area contributed by atoms with Crippen LogP contribution in [-0.2, 0) is 16.0 Å². The van der Waals surface area contributed by atoms with Gasteiger partial charge in [-0.2, -0.15) is 0 Å². The van der Waals surface area contributed by atoms with E-state index in [2.05, 4.69) is 39.6 Å². The number of aliphatic hydroxyl groups excluding tert-OH is 3. The number of aromatic hydroxyl groups is 1. The molecule has 1 aromatic carbocycles. The van der Waals surface area contributed by atoms with Crippen LogP contribution in [0.5, 0.6) is 11.5 Å². The van der Waals surface area contributed by atoms with Crippen molar-refractivity contribution in [3.63, 3.8) is 0 Å². The average molecular weight is 854 g/mol. The Kier molecular flexibility index (Phi) is 14.3. The second-order valence-electron chi connectivity index (χ2n) is 18.1. The maximum absolute atomic E-state index is 12.9. The standard InChI is InChI=1S/C44H63N5O8S2/c1-27(50)42-13-8-30-16-29-6-7-34(59-58-26-43(11-4-3-5-12-43)49-41(45)47-24-42)23-46-25-44(21-29)22-33(10-15-48-44)57-39-18-31(36(40(54)55)20-37(39)53)17-35(30)38(56-28(2)51)19-32(52)9-14-42/h18,20,27,29-30,32-35,38,40,46,48,50,52-55H,3-5,9-12,14-17,19,21-26H2,1-2H3,(H3,45,47,49)/t27-,29+,30-,32-,33-,34+,35?,38?,42+,44-/m0/s1. The van der Waals surface area contributed by atoms with Gasteiger partial charge in [-0.3, -0.25) is 9.79 Å². The number of piperidine rings is 1. The Labute approximate surface area is 356 Å². The molecule has 0 aromatic heterocycles. The lowest BCUT2D eigenvalue weighted by Gasteiger charge is -2.44. The molecule has 1 saturated heterocycles. The molecule has 2 spiro atoms. The molecule has 10 atom stereocenters. The molecule has 1 saturated carbocycles. The zero-order chi connectivity index (χ0) is 41.8. The predicted octanol–water partition coefficient (Wildman–Crippen LogP) is 3.25. The number of benzene rings is 1. The molecule has 8 bridgehead atoms. The number of aliphatic hydroxyl groups is 4. The summed E-state index contributed by atoms with van der Waals surface area (Å²) in [6, 6.07) is 3.00. The second kappa shape index (κ2) is 19.0. The topological polar surface area (TPSA) is 211 Å². The van der Waals surface area contributed by atoms with Crippen molar-refractivity contribution in [3.05, 3.63) is 23.3 Å². The van der Waals surface area contributed by atoms with E-state index in [1.165, 1.54) is 19.4 Å². The van der Waals surface area contributed by atoms with Crippen LogP contribution in [0.4, 0.5) is 0 Å². The number of phenolic OH excluding ortho intramolecular Hbond substituents is 1. The highest BCUT2D eigenvalue weighted by atomic mass is 33.1. The van der Waals surface area contributed by atoms with Crippen LogP contribution in [-0.4, -0.2) is 110 Å². The zero-order valence-electron chi connectivity index (χ0n) is 34.4. The van der Waals surface area contributed by atoms with Crippen molar-refractivity contribution in [2.24, 2.45) is 33.9 Å². The first kappa shape index (κ1) is 44.2. The van der Waals surface area contributed by atoms with Gasteiger partial charge in [0.25, 0.3) is 0 Å². The van der Waals surface area contributed by atoms with E-state index < -0.39 is 53.4 Å². The number of carbonyl (C=O) groups is 1. The summed E-state index contributed by atoms with van der Waals surface area (Å²) in [5, 5.41) is 67.2. The number of ether oxygens (including phenoxy) is 2. The monoisotopic (exact) mass is 853 g/mol. The normalized spacial score (nSPS) is 35.6. The maximum Gasteiger partial charge on any atom is 0.302 e. The van der Waals surface area contributed by atoms with Crippen molar-refractivity contribution in [3.8, 4) is 35.2 Å². The molecule has 7 rings (SSSR count). The summed E-state index contributed by atoms with van der Waals surface area (Å²) in [7, 11) is 3.60. The van der Waals surface area contributed by atoms with Gasteiger partial charge in [0, 0.05) is 73.0 Å². The van der Waals surface area contributed by atoms with Gasteiger partial charge in [0.2, 0.25) is 0 Å². The number of nitrogens with two attached hydrogens (primary N) is 1. The predicted molar refractivity (Wildman–Crippen MR) is 230 cm³/mol. The van der Waals surface area contributed by atoms with E-state index in [1.807, 2.05) is 10.8 Å². The van der Waals surface area contributed by atoms with Gasteiger partial charge in [0.05, 0.1) is 29.4 Å². The van der Waals surface area contributed by atoms with E-state index in [0.29, 0.717) is 63.3 Å². The molecule has 6 aliphatic rings. The molecule has 4 heterocycles. The number of nitrogens with one attached hydrogen (secondary N) is 3. The third-order valence-electron chi connectivity index (χ3n) is 13.6. The summed E-state index contributed by atoms with van der Waals surface area (Å²) < 4.78 is 12.7. The number of hydrogen-bond donors (Lipinski definition) is 9. The SMILES string of the molecule is CC(=O)OC1C[C@@H](O)CC[C@]2([C@H](C)O)C#C[C@H]3C[C@H]4C#C[C@H](CNC[C@]5(C4)C[C@H](CCN5)Oc4cc(c(C(O)O)cc4O)CC13)SSCC1(CCCCC1)NC(N)=NC2. The number of rotatable bonds is 3. The van der Waals surface area contributed by atoms with Crippen LogP contribution in [0.1, 0.15) is 108 Å². The Bertz CT molecular complexity index is 1820. The fourth-order valence-corrected chi connectivity index (χ4v) is 13.1. The summed E-state index contributed by atoms with van der Waals surface area (Å²) in [5.41, 5.74) is 5.59. The number of aliphatic imine (C=N–C) groups is 1. The molecule has 1 aromatic rings. The van der Waals surface area contributed by atoms with Crippen molar-refractivity contribution in [1.29, 1.82) is 0 Å². The molecular weight excluding hydrogens is 791 g/mol. The molecular formula is C44H63N5O8S2. The summed E-state index contributed by atoms with van der Waals surface area (Å²) in [6.07, 6.45) is 3.78. The highest BCUT2D eigenvalue weighted by Crippen LogP contribution is 2.43. The van der Waals surface area contributed by atoms with Crippen molar-refractivity contribution in [2.45, 2.75) is 144 Å². The van der Waals surface area contributed by atoms with E-state index in [1.54, 1.807) is 23.8 Å². The van der Waals surface area contributed by atoms with Crippen molar-refractivity contribution in [1.82, 2.24) is 16.0 Å². The van der Waals surface area contributed by atoms with Crippen molar-refractivity contribution >= 4 is 33.5 Å². The van der Waals surface area contributed by atoms with E-state index >= 15 is 0 Å². The van der Waals surface area contributed by atoms with Crippen LogP contribution in [0, 0.1) is 46.9 Å². The van der Waals surface area contributed by atoms with Gasteiger partial charge in [-0.1, -0.05) is 64.5 Å². The molecule has 10 N–H and O–H groups in total. The molecule has 0 amide bonds. The molecule has 2 unspecified atom stereocenters. The van der Waals surface area contributed by atoms with E-state index in [-0.39, 0.29) is 65.7 Å². The Morgan fingerprint density at radius 2 is 1.88 bits per heavy atom. The van der Waals surface area contributed by atoms with Gasteiger partial charge in [-0.15, -0.1) is 0 Å². The number of nitrogens with zero attached hydrogens (tertiary/aromatic N) is 1. The first-order chi connectivity index (χ1) is 28.2. The van der Waals surface area contributed by atoms with Crippen LogP contribution in [0.2, 0.25) is 0 Å². The van der Waals surface area contributed by atoms with Crippen molar-refractivity contribution in [2.75, 3.05) is 31.9 Å². The summed E-state index contributed by atoms with van der Waals surface area (Å²) in [5.74, 6) is 14.0. The third-order valence-corrected chi connectivity index (χ3v) is 16.3. The Morgan fingerprint density at radius 1 is 1.07 bits per heavy atom. The first-order valence-corrected chi connectivity index (χ1v) is 23.9. The number of guanidine groups is 1. The van der Waals surface area contributed by atoms with Gasteiger partial charge in [-0.05, 0) is 82.5 Å². The first-order valence-electron chi connectivity index (χ1n) is 21.5. The highest BCUT2D eigenvalue weighted by molar-refractivity contribution is 8.77. The molecule has 4 aliphatic heterocycles. The van der Waals surface area contributed by atoms with Gasteiger partial charge < -0.3 is 56.7 Å². The van der Waals surface area contributed by atoms with Crippen LogP contribution < -0.4 is 26.4 Å². The number of phenols is 1. The van der Waals surface area contributed by atoms with Crippen LogP contribution in [0.25, 0.3) is 0 Å². The van der Waals surface area contributed by atoms with Crippen LogP contribution in [0.15, 0.2) is 17.1 Å². The largest absolute Gasteiger partial charge is 0.504 e. The minimum Gasteiger partial charge on any atom is -0.504 e. The Balaban J connectivity index is 1.44. The fourth-order valence-electron chi connectivity index (χ4n) is 10.2. The van der Waals surface area contributed by atoms with E-state index in [0.717, 1.165) is 31.4 Å². The second-order valence-corrected chi connectivity index (χ2v) is 20.6. The van der Waals surface area contributed by atoms with Gasteiger partial charge in [-0.25, -0.2) is 0 Å². The fraction of sp³-hybridized carbons (Fsp3) is 0.727. The Hall–Kier alpha value is -2.86. The average Bonchev–Trinajstić information content (AvgIpc) is 3.25.